The second-order valence-corrected chi connectivity index (χ2v) is 7.05. The number of aliphatic hydroxyl groups excluding tert-OH is 3. The summed E-state index contributed by atoms with van der Waals surface area (Å²) >= 11 is 5.60. The molecule has 0 spiro atoms. The van der Waals surface area contributed by atoms with Gasteiger partial charge in [0.1, 0.15) is 6.10 Å². The van der Waals surface area contributed by atoms with E-state index in [0.717, 1.165) is 5.56 Å². The maximum Gasteiger partial charge on any atom is 0.110 e. The van der Waals surface area contributed by atoms with Crippen LogP contribution in [0, 0.1) is 0 Å². The predicted octanol–water partition coefficient (Wildman–Crippen LogP) is 4.34. The molecule has 168 valence electrons. The third-order valence-electron chi connectivity index (χ3n) is 2.45. The van der Waals surface area contributed by atoms with Crippen molar-refractivity contribution in [3.05, 3.63) is 52.6 Å². The van der Waals surface area contributed by atoms with Crippen LogP contribution in [-0.2, 0) is 31.2 Å². The Morgan fingerprint density at radius 2 is 1.41 bits per heavy atom. The van der Waals surface area contributed by atoms with Crippen LogP contribution in [0.4, 0.5) is 0 Å². The number of hydrogen-bond donors (Lipinski definition) is 3. The van der Waals surface area contributed by atoms with Crippen LogP contribution in [0.25, 0.3) is 5.32 Å². The van der Waals surface area contributed by atoms with Gasteiger partial charge in [-0.15, -0.1) is 0 Å². The van der Waals surface area contributed by atoms with Gasteiger partial charge in [0.05, 0.1) is 0 Å². The predicted molar refractivity (Wildman–Crippen MR) is 115 cm³/mol. The first-order valence-corrected chi connectivity index (χ1v) is 9.74. The standard InChI is InChI=1S/C12H13ClNO2.3C3H8O.Ti/c1-15-8-10-12(16-11(7-13)14-10)9-5-3-2-4-6-9;3*1-3(2)4;/h2-7,10,12H,8H2,1H3;3*3-4H,1-2H3;/q-1;;;;/b11-7-;;;;/t10-,12-;;;;/m0..../s1. The van der Waals surface area contributed by atoms with Crippen LogP contribution < -0.4 is 0 Å². The Kier molecular flexibility index (Phi) is 23.6. The van der Waals surface area contributed by atoms with Crippen molar-refractivity contribution in [2.45, 2.75) is 72.0 Å². The van der Waals surface area contributed by atoms with Gasteiger partial charge < -0.3 is 30.1 Å². The molecule has 0 bridgehead atoms. The Morgan fingerprint density at radius 3 is 1.76 bits per heavy atom. The van der Waals surface area contributed by atoms with E-state index >= 15 is 0 Å². The first-order chi connectivity index (χ1) is 13.0. The molecule has 1 heterocycles. The molecule has 1 saturated heterocycles. The SMILES string of the molecule is CC(C)O.CC(C)O.CC(C)O.COC[C@@H]1[N-]/C(=C/Cl)O[C@H]1c1ccccc1.[Ti]. The summed E-state index contributed by atoms with van der Waals surface area (Å²) < 4.78 is 10.8. The number of aliphatic hydroxyl groups is 3. The topological polar surface area (TPSA) is 93.3 Å². The molecule has 2 atom stereocenters. The van der Waals surface area contributed by atoms with Crippen LogP contribution in [0.15, 0.2) is 41.8 Å². The molecular formula is C21H37ClNO5Ti-. The second-order valence-electron chi connectivity index (χ2n) is 6.83. The van der Waals surface area contributed by atoms with E-state index < -0.39 is 0 Å². The first kappa shape index (κ1) is 33.1. The van der Waals surface area contributed by atoms with Gasteiger partial charge in [-0.1, -0.05) is 41.9 Å². The number of nitrogens with zero attached hydrogens (tertiary/aromatic N) is 1. The minimum Gasteiger partial charge on any atom is -0.646 e. The summed E-state index contributed by atoms with van der Waals surface area (Å²) in [5.74, 6) is 0.470. The van der Waals surface area contributed by atoms with Crippen molar-refractivity contribution in [3.63, 3.8) is 0 Å². The summed E-state index contributed by atoms with van der Waals surface area (Å²) in [6, 6.07) is 9.92. The average molecular weight is 467 g/mol. The van der Waals surface area contributed by atoms with E-state index in [1.807, 2.05) is 30.3 Å². The van der Waals surface area contributed by atoms with E-state index in [2.05, 4.69) is 5.32 Å². The molecule has 0 amide bonds. The van der Waals surface area contributed by atoms with Crippen LogP contribution in [0.3, 0.4) is 0 Å². The zero-order valence-electron chi connectivity index (χ0n) is 18.5. The van der Waals surface area contributed by atoms with Crippen molar-refractivity contribution >= 4 is 11.6 Å². The molecule has 1 aliphatic rings. The van der Waals surface area contributed by atoms with Crippen LogP contribution >= 0.6 is 11.6 Å². The number of halogens is 1. The Morgan fingerprint density at radius 1 is 1.00 bits per heavy atom. The minimum absolute atomic E-state index is 0. The molecule has 2 rings (SSSR count). The zero-order valence-corrected chi connectivity index (χ0v) is 20.9. The van der Waals surface area contributed by atoms with Crippen molar-refractivity contribution < 1.29 is 46.5 Å². The monoisotopic (exact) mass is 466 g/mol. The molecule has 0 aromatic heterocycles. The van der Waals surface area contributed by atoms with Crippen molar-refractivity contribution in [2.75, 3.05) is 13.7 Å². The van der Waals surface area contributed by atoms with Crippen molar-refractivity contribution in [2.24, 2.45) is 0 Å². The summed E-state index contributed by atoms with van der Waals surface area (Å²) in [7, 11) is 1.65. The van der Waals surface area contributed by atoms with Crippen molar-refractivity contribution in [1.29, 1.82) is 0 Å². The maximum atomic E-state index is 8.06. The molecule has 0 unspecified atom stereocenters. The fraction of sp³-hybridized carbons (Fsp3) is 0.619. The molecule has 6 nitrogen and oxygen atoms in total. The van der Waals surface area contributed by atoms with Gasteiger partial charge in [-0.3, -0.25) is 0 Å². The Bertz CT molecular complexity index is 479. The van der Waals surface area contributed by atoms with Crippen LogP contribution in [0.2, 0.25) is 0 Å². The second kappa shape index (κ2) is 20.7. The quantitative estimate of drug-likeness (QED) is 0.576. The van der Waals surface area contributed by atoms with E-state index in [-0.39, 0.29) is 52.2 Å². The zero-order chi connectivity index (χ0) is 22.1. The normalized spacial score (nSPS) is 18.3. The Balaban J connectivity index is -0.000000434. The molecule has 0 radical (unpaired) electrons. The van der Waals surface area contributed by atoms with Crippen LogP contribution in [-0.4, -0.2) is 53.4 Å². The molecule has 29 heavy (non-hydrogen) atoms. The molecule has 1 aromatic carbocycles. The van der Waals surface area contributed by atoms with E-state index in [4.69, 9.17) is 36.4 Å². The van der Waals surface area contributed by atoms with Gasteiger partial charge in [0.25, 0.3) is 0 Å². The third-order valence-corrected chi connectivity index (χ3v) is 2.64. The number of rotatable bonds is 3. The summed E-state index contributed by atoms with van der Waals surface area (Å²) in [5, 5.41) is 28.5. The summed E-state index contributed by atoms with van der Waals surface area (Å²) in [4.78, 5) is 0. The largest absolute Gasteiger partial charge is 0.646 e. The molecule has 1 aromatic rings. The van der Waals surface area contributed by atoms with Crippen LogP contribution in [0.5, 0.6) is 0 Å². The number of ether oxygens (including phenoxy) is 2. The number of hydrogen-bond acceptors (Lipinski definition) is 5. The molecule has 8 heteroatoms. The van der Waals surface area contributed by atoms with Crippen molar-refractivity contribution in [3.8, 4) is 0 Å². The van der Waals surface area contributed by atoms with E-state index in [1.54, 1.807) is 48.7 Å². The van der Waals surface area contributed by atoms with Gasteiger partial charge in [-0.05, 0) is 53.1 Å². The number of methoxy groups -OCH3 is 1. The molecule has 0 saturated carbocycles. The third kappa shape index (κ3) is 21.9. The van der Waals surface area contributed by atoms with E-state index in [9.17, 15) is 0 Å². The molecule has 1 fully saturated rings. The van der Waals surface area contributed by atoms with E-state index in [0.29, 0.717) is 12.5 Å². The fourth-order valence-electron chi connectivity index (χ4n) is 1.75. The maximum absolute atomic E-state index is 8.06. The van der Waals surface area contributed by atoms with Gasteiger partial charge in [0.15, 0.2) is 0 Å². The van der Waals surface area contributed by atoms with Crippen LogP contribution in [0.1, 0.15) is 53.2 Å². The van der Waals surface area contributed by atoms with Gasteiger partial charge in [-0.2, -0.15) is 0 Å². The van der Waals surface area contributed by atoms with Gasteiger partial charge in [-0.25, -0.2) is 0 Å². The van der Waals surface area contributed by atoms with E-state index in [1.165, 1.54) is 5.54 Å². The molecule has 3 N–H and O–H groups in total. The minimum atomic E-state index is -0.167. The fourth-order valence-corrected chi connectivity index (χ4v) is 1.86. The Labute approximate surface area is 196 Å². The molecule has 0 aliphatic carbocycles. The van der Waals surface area contributed by atoms with Gasteiger partial charge >= 0.3 is 0 Å². The smallest absolute Gasteiger partial charge is 0.110 e. The summed E-state index contributed by atoms with van der Waals surface area (Å²) in [5.41, 5.74) is 2.44. The molecular weight excluding hydrogens is 430 g/mol. The first-order valence-electron chi connectivity index (χ1n) is 9.31. The molecule has 1 aliphatic heterocycles. The summed E-state index contributed by atoms with van der Waals surface area (Å²) in [6.07, 6.45) is -0.605. The Hall–Kier alpha value is -0.596. The van der Waals surface area contributed by atoms with Crippen molar-refractivity contribution in [1.82, 2.24) is 0 Å². The van der Waals surface area contributed by atoms with Gasteiger partial charge in [0, 0.05) is 65.2 Å². The number of benzene rings is 1. The van der Waals surface area contributed by atoms with Gasteiger partial charge in [0.2, 0.25) is 0 Å². The average Bonchev–Trinajstić information content (AvgIpc) is 2.98. The summed E-state index contributed by atoms with van der Waals surface area (Å²) in [6.45, 7) is 10.9.